The second-order valence-electron chi connectivity index (χ2n) is 4.08. The lowest BCUT2D eigenvalue weighted by atomic mass is 10.1. The maximum Gasteiger partial charge on any atom is 0.365 e. The van der Waals surface area contributed by atoms with Gasteiger partial charge in [-0.2, -0.15) is 0 Å². The Bertz CT molecular complexity index is 349. The lowest BCUT2D eigenvalue weighted by Crippen LogP contribution is -2.67. The van der Waals surface area contributed by atoms with Gasteiger partial charge < -0.3 is 10.5 Å². The van der Waals surface area contributed by atoms with Gasteiger partial charge in [-0.3, -0.25) is 0 Å². The molecule has 0 aliphatic rings. The standard InChI is InChI=1S/C12H16FNO2/c1-8(2)11(14)12(15)16-7-9-3-5-10(13)6-4-9/h3-6,8,11H,7,14H2,1-2H3/p+1/t11-/m0/s1. The smallest absolute Gasteiger partial charge is 0.365 e. The van der Waals surface area contributed by atoms with Crippen LogP contribution in [0.4, 0.5) is 4.39 Å². The van der Waals surface area contributed by atoms with Crippen molar-refractivity contribution in [3.63, 3.8) is 0 Å². The van der Waals surface area contributed by atoms with Gasteiger partial charge in [0.25, 0.3) is 0 Å². The lowest BCUT2D eigenvalue weighted by Gasteiger charge is -2.11. The van der Waals surface area contributed by atoms with Crippen molar-refractivity contribution in [3.8, 4) is 0 Å². The Morgan fingerprint density at radius 3 is 2.44 bits per heavy atom. The molecular weight excluding hydrogens is 209 g/mol. The van der Waals surface area contributed by atoms with E-state index < -0.39 is 0 Å². The number of carbonyl (C=O) groups excluding carboxylic acids is 1. The van der Waals surface area contributed by atoms with Crippen LogP contribution in [-0.4, -0.2) is 12.0 Å². The Morgan fingerprint density at radius 1 is 1.38 bits per heavy atom. The first-order chi connectivity index (χ1) is 7.50. The van der Waals surface area contributed by atoms with Crippen LogP contribution in [0.2, 0.25) is 0 Å². The van der Waals surface area contributed by atoms with Gasteiger partial charge in [0.05, 0.1) is 0 Å². The molecule has 0 spiro atoms. The molecule has 0 saturated heterocycles. The number of hydrogen-bond acceptors (Lipinski definition) is 2. The summed E-state index contributed by atoms with van der Waals surface area (Å²) in [5, 5.41) is 0. The zero-order valence-electron chi connectivity index (χ0n) is 9.57. The summed E-state index contributed by atoms with van der Waals surface area (Å²) in [6.45, 7) is 3.99. The highest BCUT2D eigenvalue weighted by atomic mass is 19.1. The number of quaternary nitrogens is 1. The van der Waals surface area contributed by atoms with Gasteiger partial charge in [0.2, 0.25) is 0 Å². The largest absolute Gasteiger partial charge is 0.456 e. The summed E-state index contributed by atoms with van der Waals surface area (Å²) < 4.78 is 17.7. The first-order valence-corrected chi connectivity index (χ1v) is 5.25. The molecule has 4 heteroatoms. The highest BCUT2D eigenvalue weighted by molar-refractivity contribution is 5.74. The fraction of sp³-hybridized carbons (Fsp3) is 0.417. The van der Waals surface area contributed by atoms with Gasteiger partial charge in [-0.05, 0) is 17.7 Å². The van der Waals surface area contributed by atoms with Crippen molar-refractivity contribution in [1.82, 2.24) is 0 Å². The molecule has 0 aliphatic heterocycles. The molecule has 3 N–H and O–H groups in total. The summed E-state index contributed by atoms with van der Waals surface area (Å²) in [6.07, 6.45) is 0. The summed E-state index contributed by atoms with van der Waals surface area (Å²) in [5.74, 6) is -0.465. The number of ether oxygens (including phenoxy) is 1. The van der Waals surface area contributed by atoms with Gasteiger partial charge in [-0.1, -0.05) is 26.0 Å². The summed E-state index contributed by atoms with van der Waals surface area (Å²) in [6, 6.07) is 5.51. The molecule has 0 bridgehead atoms. The Balaban J connectivity index is 2.46. The van der Waals surface area contributed by atoms with E-state index in [4.69, 9.17) is 4.74 Å². The molecule has 1 atom stereocenters. The van der Waals surface area contributed by atoms with Gasteiger partial charge in [-0.25, -0.2) is 9.18 Å². The molecule has 1 rings (SSSR count). The van der Waals surface area contributed by atoms with Crippen LogP contribution >= 0.6 is 0 Å². The molecule has 0 aromatic heterocycles. The number of benzene rings is 1. The molecular formula is C12H17FNO2+. The SMILES string of the molecule is CC(C)[C@H]([NH3+])C(=O)OCc1ccc(F)cc1. The topological polar surface area (TPSA) is 53.9 Å². The van der Waals surface area contributed by atoms with Crippen LogP contribution in [0.5, 0.6) is 0 Å². The van der Waals surface area contributed by atoms with E-state index >= 15 is 0 Å². The molecule has 3 nitrogen and oxygen atoms in total. The number of carbonyl (C=O) groups is 1. The van der Waals surface area contributed by atoms with Crippen molar-refractivity contribution in [2.45, 2.75) is 26.5 Å². The van der Waals surface area contributed by atoms with Gasteiger partial charge >= 0.3 is 5.97 Å². The Morgan fingerprint density at radius 2 is 1.94 bits per heavy atom. The third kappa shape index (κ3) is 3.62. The van der Waals surface area contributed by atoms with E-state index in [1.807, 2.05) is 13.8 Å². The van der Waals surface area contributed by atoms with Crippen molar-refractivity contribution >= 4 is 5.97 Å². The van der Waals surface area contributed by atoms with Crippen LogP contribution in [0.15, 0.2) is 24.3 Å². The van der Waals surface area contributed by atoms with Crippen molar-refractivity contribution in [3.05, 3.63) is 35.6 Å². The highest BCUT2D eigenvalue weighted by Gasteiger charge is 2.22. The molecule has 0 aliphatic carbocycles. The third-order valence-electron chi connectivity index (χ3n) is 2.40. The first kappa shape index (κ1) is 12.6. The molecule has 88 valence electrons. The van der Waals surface area contributed by atoms with Gasteiger partial charge in [0.1, 0.15) is 12.4 Å². The van der Waals surface area contributed by atoms with Crippen LogP contribution < -0.4 is 5.73 Å². The van der Waals surface area contributed by atoms with E-state index in [1.54, 1.807) is 12.1 Å². The number of halogens is 1. The predicted octanol–water partition coefficient (Wildman–Crippen LogP) is 1.14. The minimum Gasteiger partial charge on any atom is -0.456 e. The average molecular weight is 226 g/mol. The summed E-state index contributed by atoms with van der Waals surface area (Å²) >= 11 is 0. The number of rotatable bonds is 4. The van der Waals surface area contributed by atoms with Crippen molar-refractivity contribution in [1.29, 1.82) is 0 Å². The van der Waals surface area contributed by atoms with Crippen LogP contribution in [0.3, 0.4) is 0 Å². The second kappa shape index (κ2) is 5.61. The molecule has 1 aromatic rings. The maximum absolute atomic E-state index is 12.6. The number of esters is 1. The second-order valence-corrected chi connectivity index (χ2v) is 4.08. The molecule has 0 heterocycles. The minimum absolute atomic E-state index is 0.153. The van der Waals surface area contributed by atoms with Gasteiger partial charge in [0.15, 0.2) is 6.04 Å². The predicted molar refractivity (Wildman–Crippen MR) is 57.7 cm³/mol. The Kier molecular flexibility index (Phi) is 4.43. The first-order valence-electron chi connectivity index (χ1n) is 5.25. The molecule has 0 radical (unpaired) electrons. The molecule has 1 aromatic carbocycles. The quantitative estimate of drug-likeness (QED) is 0.783. The van der Waals surface area contributed by atoms with Crippen LogP contribution in [0, 0.1) is 11.7 Å². The molecule has 16 heavy (non-hydrogen) atoms. The monoisotopic (exact) mass is 226 g/mol. The summed E-state index contributed by atoms with van der Waals surface area (Å²) in [7, 11) is 0. The number of hydrogen-bond donors (Lipinski definition) is 1. The average Bonchev–Trinajstić information content (AvgIpc) is 2.26. The van der Waals surface area contributed by atoms with E-state index in [-0.39, 0.29) is 30.4 Å². The fourth-order valence-corrected chi connectivity index (χ4v) is 1.11. The van der Waals surface area contributed by atoms with E-state index in [0.29, 0.717) is 0 Å². The van der Waals surface area contributed by atoms with E-state index in [2.05, 4.69) is 5.73 Å². The van der Waals surface area contributed by atoms with Gasteiger partial charge in [-0.15, -0.1) is 0 Å². The highest BCUT2D eigenvalue weighted by Crippen LogP contribution is 2.06. The van der Waals surface area contributed by atoms with Crippen molar-refractivity contribution in [2.75, 3.05) is 0 Å². The van der Waals surface area contributed by atoms with E-state index in [9.17, 15) is 9.18 Å². The molecule has 0 fully saturated rings. The summed E-state index contributed by atoms with van der Waals surface area (Å²) in [5.41, 5.74) is 4.50. The van der Waals surface area contributed by atoms with Crippen LogP contribution in [0.25, 0.3) is 0 Å². The minimum atomic E-state index is -0.361. The van der Waals surface area contributed by atoms with Gasteiger partial charge in [0, 0.05) is 5.92 Å². The van der Waals surface area contributed by atoms with E-state index in [0.717, 1.165) is 5.56 Å². The van der Waals surface area contributed by atoms with Crippen LogP contribution in [0.1, 0.15) is 19.4 Å². The van der Waals surface area contributed by atoms with Crippen LogP contribution in [-0.2, 0) is 16.1 Å². The van der Waals surface area contributed by atoms with E-state index in [1.165, 1.54) is 12.1 Å². The third-order valence-corrected chi connectivity index (χ3v) is 2.40. The zero-order valence-corrected chi connectivity index (χ0v) is 9.57. The fourth-order valence-electron chi connectivity index (χ4n) is 1.11. The normalized spacial score (nSPS) is 12.6. The Hall–Kier alpha value is -1.42. The van der Waals surface area contributed by atoms with Crippen molar-refractivity contribution in [2.24, 2.45) is 5.92 Å². The molecule has 0 unspecified atom stereocenters. The summed E-state index contributed by atoms with van der Waals surface area (Å²) in [4.78, 5) is 11.5. The zero-order chi connectivity index (χ0) is 12.1. The lowest BCUT2D eigenvalue weighted by molar-refractivity contribution is -0.418. The Labute approximate surface area is 94.4 Å². The maximum atomic E-state index is 12.6. The molecule has 0 amide bonds. The van der Waals surface area contributed by atoms with Crippen molar-refractivity contribution < 1.29 is 19.7 Å². The molecule has 0 saturated carbocycles.